The lowest BCUT2D eigenvalue weighted by atomic mass is 9.96. The van der Waals surface area contributed by atoms with Crippen LogP contribution in [0.25, 0.3) is 6.08 Å². The highest BCUT2D eigenvalue weighted by molar-refractivity contribution is 7.07. The fourth-order valence-electron chi connectivity index (χ4n) is 4.04. The molecule has 1 aliphatic heterocycles. The molecule has 188 valence electrons. The lowest BCUT2D eigenvalue weighted by Crippen LogP contribution is -2.39. The van der Waals surface area contributed by atoms with Crippen LogP contribution in [0, 0.1) is 0 Å². The van der Waals surface area contributed by atoms with E-state index in [0.29, 0.717) is 37.7 Å². The number of carbonyl (C=O) groups excluding carboxylic acids is 1. The summed E-state index contributed by atoms with van der Waals surface area (Å²) >= 11 is 1.23. The van der Waals surface area contributed by atoms with E-state index in [-0.39, 0.29) is 24.0 Å². The van der Waals surface area contributed by atoms with Gasteiger partial charge in [-0.15, -0.1) is 0 Å². The molecular formula is C27H28N2O6S. The molecule has 36 heavy (non-hydrogen) atoms. The summed E-state index contributed by atoms with van der Waals surface area (Å²) < 4.78 is 18.2. The molecule has 1 atom stereocenters. The molecule has 0 aliphatic carbocycles. The third kappa shape index (κ3) is 4.92. The van der Waals surface area contributed by atoms with Gasteiger partial charge in [0, 0.05) is 0 Å². The second-order valence-corrected chi connectivity index (χ2v) is 9.48. The van der Waals surface area contributed by atoms with Crippen LogP contribution in [0.15, 0.2) is 63.5 Å². The summed E-state index contributed by atoms with van der Waals surface area (Å²) in [6.07, 6.45) is 1.73. The van der Waals surface area contributed by atoms with Crippen LogP contribution in [0.3, 0.4) is 0 Å². The predicted octanol–water partition coefficient (Wildman–Crippen LogP) is 3.30. The van der Waals surface area contributed by atoms with Gasteiger partial charge in [0.1, 0.15) is 5.75 Å². The number of carbonyl (C=O) groups is 1. The number of hydrogen-bond donors (Lipinski definition) is 1. The van der Waals surface area contributed by atoms with Crippen LogP contribution in [-0.4, -0.2) is 35.5 Å². The third-order valence-electron chi connectivity index (χ3n) is 5.59. The number of fused-ring (bicyclic) bond motifs is 1. The molecule has 0 bridgehead atoms. The summed E-state index contributed by atoms with van der Waals surface area (Å²) in [6.45, 7) is 7.58. The summed E-state index contributed by atoms with van der Waals surface area (Å²) in [7, 11) is 1.46. The van der Waals surface area contributed by atoms with Gasteiger partial charge in [0.2, 0.25) is 0 Å². The monoisotopic (exact) mass is 508 g/mol. The van der Waals surface area contributed by atoms with Crippen LogP contribution in [0.4, 0.5) is 0 Å². The van der Waals surface area contributed by atoms with E-state index >= 15 is 0 Å². The van der Waals surface area contributed by atoms with E-state index in [9.17, 15) is 14.7 Å². The Hall–Kier alpha value is -3.85. The van der Waals surface area contributed by atoms with Crippen molar-refractivity contribution in [1.82, 2.24) is 4.57 Å². The number of phenolic OH excluding ortho intramolecular Hbond substituents is 1. The maximum Gasteiger partial charge on any atom is 0.338 e. The van der Waals surface area contributed by atoms with Gasteiger partial charge >= 0.3 is 5.97 Å². The van der Waals surface area contributed by atoms with E-state index in [1.54, 1.807) is 32.1 Å². The summed E-state index contributed by atoms with van der Waals surface area (Å²) in [5.41, 5.74) is 1.96. The highest BCUT2D eigenvalue weighted by atomic mass is 32.1. The van der Waals surface area contributed by atoms with Crippen molar-refractivity contribution in [3.05, 3.63) is 84.5 Å². The smallest absolute Gasteiger partial charge is 0.338 e. The average Bonchev–Trinajstić information content (AvgIpc) is 3.14. The molecular weight excluding hydrogens is 480 g/mol. The first-order chi connectivity index (χ1) is 17.2. The SMILES string of the molecule is CCOC(=O)C1=C(C)N=c2s/c(=C/c3ccc(O)c(OC)c3)c(=O)n2C1c1ccc(OC(C)C)cc1. The van der Waals surface area contributed by atoms with Crippen LogP contribution in [-0.2, 0) is 9.53 Å². The molecule has 1 N–H and O–H groups in total. The van der Waals surface area contributed by atoms with Gasteiger partial charge in [0.05, 0.1) is 41.7 Å². The number of nitrogens with zero attached hydrogens (tertiary/aromatic N) is 2. The van der Waals surface area contributed by atoms with Gasteiger partial charge in [-0.05, 0) is 69.2 Å². The van der Waals surface area contributed by atoms with Crippen molar-refractivity contribution in [1.29, 1.82) is 0 Å². The number of rotatable bonds is 7. The van der Waals surface area contributed by atoms with E-state index < -0.39 is 12.0 Å². The van der Waals surface area contributed by atoms with Gasteiger partial charge in [0.15, 0.2) is 16.3 Å². The molecule has 9 heteroatoms. The minimum atomic E-state index is -0.704. The highest BCUT2D eigenvalue weighted by Gasteiger charge is 2.33. The van der Waals surface area contributed by atoms with Crippen molar-refractivity contribution in [3.63, 3.8) is 0 Å². The minimum Gasteiger partial charge on any atom is -0.504 e. The number of ether oxygens (including phenoxy) is 3. The van der Waals surface area contributed by atoms with Crippen molar-refractivity contribution in [3.8, 4) is 17.2 Å². The van der Waals surface area contributed by atoms with Gasteiger partial charge in [-0.2, -0.15) is 0 Å². The number of aromatic hydroxyl groups is 1. The molecule has 1 aromatic heterocycles. The Morgan fingerprint density at radius 3 is 2.58 bits per heavy atom. The second-order valence-electron chi connectivity index (χ2n) is 8.47. The molecule has 1 unspecified atom stereocenters. The topological polar surface area (TPSA) is 99.4 Å². The number of methoxy groups -OCH3 is 1. The van der Waals surface area contributed by atoms with Crippen molar-refractivity contribution < 1.29 is 24.1 Å². The van der Waals surface area contributed by atoms with Gasteiger partial charge in [0.25, 0.3) is 5.56 Å². The molecule has 0 saturated heterocycles. The molecule has 2 heterocycles. The molecule has 0 saturated carbocycles. The van der Waals surface area contributed by atoms with Gasteiger partial charge in [-0.25, -0.2) is 9.79 Å². The Morgan fingerprint density at radius 1 is 1.22 bits per heavy atom. The summed E-state index contributed by atoms with van der Waals surface area (Å²) in [5, 5.41) is 9.90. The first kappa shape index (κ1) is 25.2. The molecule has 0 spiro atoms. The third-order valence-corrected chi connectivity index (χ3v) is 6.57. The Bertz CT molecular complexity index is 1500. The van der Waals surface area contributed by atoms with E-state index in [2.05, 4.69) is 4.99 Å². The number of phenols is 1. The maximum absolute atomic E-state index is 13.7. The summed E-state index contributed by atoms with van der Waals surface area (Å²) in [5.74, 6) is 0.499. The van der Waals surface area contributed by atoms with Gasteiger partial charge in [-0.1, -0.05) is 29.5 Å². The van der Waals surface area contributed by atoms with E-state index in [1.807, 2.05) is 38.1 Å². The summed E-state index contributed by atoms with van der Waals surface area (Å²) in [6, 6.07) is 11.5. The first-order valence-electron chi connectivity index (χ1n) is 11.6. The van der Waals surface area contributed by atoms with Crippen LogP contribution in [0.1, 0.15) is 44.9 Å². The lowest BCUT2D eigenvalue weighted by Gasteiger charge is -2.25. The molecule has 1 aliphatic rings. The van der Waals surface area contributed by atoms with E-state index in [0.717, 1.165) is 5.56 Å². The maximum atomic E-state index is 13.7. The molecule has 8 nitrogen and oxygen atoms in total. The van der Waals surface area contributed by atoms with Crippen molar-refractivity contribution >= 4 is 23.4 Å². The standard InChI is InChI=1S/C27H28N2O6S/c1-6-34-26(32)23-16(4)28-27-29(24(23)18-8-10-19(11-9-18)35-15(2)3)25(31)22(36-27)14-17-7-12-20(30)21(13-17)33-5/h7-15,24,30H,6H2,1-5H3/b22-14+. The fourth-order valence-corrected chi connectivity index (χ4v) is 5.09. The zero-order chi connectivity index (χ0) is 26.0. The predicted molar refractivity (Wildman–Crippen MR) is 137 cm³/mol. The van der Waals surface area contributed by atoms with Gasteiger partial charge < -0.3 is 19.3 Å². The van der Waals surface area contributed by atoms with E-state index in [1.165, 1.54) is 29.1 Å². The Kier molecular flexibility index (Phi) is 7.30. The quantitative estimate of drug-likeness (QED) is 0.492. The number of thiazole rings is 1. The Morgan fingerprint density at radius 2 is 1.94 bits per heavy atom. The molecule has 0 amide bonds. The molecule has 2 aromatic carbocycles. The first-order valence-corrected chi connectivity index (χ1v) is 12.4. The number of benzene rings is 2. The molecule has 0 fully saturated rings. The number of allylic oxidation sites excluding steroid dienone is 1. The zero-order valence-corrected chi connectivity index (χ0v) is 21.6. The Balaban J connectivity index is 1.89. The lowest BCUT2D eigenvalue weighted by molar-refractivity contribution is -0.139. The van der Waals surface area contributed by atoms with Crippen LogP contribution in [0.2, 0.25) is 0 Å². The minimum absolute atomic E-state index is 0.00991. The fraction of sp³-hybridized carbons (Fsp3) is 0.296. The van der Waals surface area contributed by atoms with Crippen LogP contribution in [0.5, 0.6) is 17.2 Å². The van der Waals surface area contributed by atoms with Crippen molar-refractivity contribution in [2.75, 3.05) is 13.7 Å². The molecule has 4 rings (SSSR count). The number of hydrogen-bond acceptors (Lipinski definition) is 8. The largest absolute Gasteiger partial charge is 0.504 e. The van der Waals surface area contributed by atoms with Gasteiger partial charge in [-0.3, -0.25) is 9.36 Å². The van der Waals surface area contributed by atoms with Crippen LogP contribution < -0.4 is 24.4 Å². The molecule has 3 aromatic rings. The number of esters is 1. The highest BCUT2D eigenvalue weighted by Crippen LogP contribution is 2.32. The average molecular weight is 509 g/mol. The second kappa shape index (κ2) is 10.4. The van der Waals surface area contributed by atoms with Crippen molar-refractivity contribution in [2.45, 2.75) is 39.8 Å². The van der Waals surface area contributed by atoms with Crippen LogP contribution >= 0.6 is 11.3 Å². The Labute approximate surface area is 212 Å². The molecule has 0 radical (unpaired) electrons. The number of aromatic nitrogens is 1. The normalized spacial score (nSPS) is 15.5. The van der Waals surface area contributed by atoms with E-state index in [4.69, 9.17) is 14.2 Å². The van der Waals surface area contributed by atoms with Crippen molar-refractivity contribution in [2.24, 2.45) is 4.99 Å². The summed E-state index contributed by atoms with van der Waals surface area (Å²) in [4.78, 5) is 31.7. The zero-order valence-electron chi connectivity index (χ0n) is 20.8.